The van der Waals surface area contributed by atoms with Gasteiger partial charge in [0.15, 0.2) is 0 Å². The zero-order valence-electron chi connectivity index (χ0n) is 9.07. The summed E-state index contributed by atoms with van der Waals surface area (Å²) in [7, 11) is 0. The Labute approximate surface area is 96.2 Å². The van der Waals surface area contributed by atoms with Gasteiger partial charge >= 0.3 is 6.18 Å². The lowest BCUT2D eigenvalue weighted by atomic mass is 10.1. The second-order valence-electron chi connectivity index (χ2n) is 3.97. The van der Waals surface area contributed by atoms with Crippen molar-refractivity contribution in [3.63, 3.8) is 0 Å². The van der Waals surface area contributed by atoms with E-state index < -0.39 is 18.3 Å². The zero-order valence-corrected chi connectivity index (χ0v) is 9.07. The number of para-hydroxylation sites is 1. The van der Waals surface area contributed by atoms with Gasteiger partial charge in [-0.2, -0.15) is 18.3 Å². The van der Waals surface area contributed by atoms with Crippen molar-refractivity contribution in [3.8, 4) is 0 Å². The molecule has 6 heteroatoms. The summed E-state index contributed by atoms with van der Waals surface area (Å²) in [6.07, 6.45) is -5.30. The average molecular weight is 244 g/mol. The maximum absolute atomic E-state index is 12.9. The molecule has 0 bridgehead atoms. The Morgan fingerprint density at radius 3 is 2.41 bits per heavy atom. The van der Waals surface area contributed by atoms with Crippen LogP contribution in [0.15, 0.2) is 35.4 Å². The lowest BCUT2D eigenvalue weighted by molar-refractivity contribution is -0.254. The fourth-order valence-electron chi connectivity index (χ4n) is 1.78. The molecule has 1 heterocycles. The number of aliphatic hydroxyl groups is 1. The molecule has 2 rings (SSSR count). The number of hydrogen-bond acceptors (Lipinski definition) is 3. The molecule has 0 unspecified atom stereocenters. The molecule has 1 N–H and O–H groups in total. The van der Waals surface area contributed by atoms with Crippen molar-refractivity contribution in [1.82, 2.24) is 0 Å². The van der Waals surface area contributed by atoms with Gasteiger partial charge in [-0.3, -0.25) is 0 Å². The van der Waals surface area contributed by atoms with Crippen molar-refractivity contribution >= 4 is 11.4 Å². The van der Waals surface area contributed by atoms with Crippen LogP contribution in [0.25, 0.3) is 0 Å². The van der Waals surface area contributed by atoms with Crippen molar-refractivity contribution in [2.75, 3.05) is 5.01 Å². The predicted octanol–water partition coefficient (Wildman–Crippen LogP) is 2.52. The van der Waals surface area contributed by atoms with Crippen LogP contribution in [-0.2, 0) is 0 Å². The van der Waals surface area contributed by atoms with Crippen LogP contribution in [-0.4, -0.2) is 22.7 Å². The van der Waals surface area contributed by atoms with Crippen LogP contribution in [0.2, 0.25) is 0 Å². The van der Waals surface area contributed by atoms with E-state index in [2.05, 4.69) is 5.10 Å². The van der Waals surface area contributed by atoms with Gasteiger partial charge in [-0.05, 0) is 19.1 Å². The maximum Gasteiger partial charge on any atom is 0.438 e. The molecule has 1 aromatic carbocycles. The van der Waals surface area contributed by atoms with Crippen LogP contribution in [0.4, 0.5) is 18.9 Å². The molecule has 0 amide bonds. The monoisotopic (exact) mass is 244 g/mol. The van der Waals surface area contributed by atoms with Gasteiger partial charge in [0.1, 0.15) is 0 Å². The van der Waals surface area contributed by atoms with Gasteiger partial charge in [-0.25, -0.2) is 5.01 Å². The molecule has 0 saturated carbocycles. The number of rotatable bonds is 1. The Morgan fingerprint density at radius 1 is 1.29 bits per heavy atom. The first-order valence-electron chi connectivity index (χ1n) is 5.03. The second kappa shape index (κ2) is 3.73. The van der Waals surface area contributed by atoms with E-state index in [1.54, 1.807) is 18.2 Å². The zero-order chi connectivity index (χ0) is 12.7. The first-order valence-corrected chi connectivity index (χ1v) is 5.03. The third-order valence-corrected chi connectivity index (χ3v) is 2.58. The molecule has 17 heavy (non-hydrogen) atoms. The standard InChI is InChI=1S/C11H11F3N2O/c1-8-7-10(17,11(12,13)14)16(15-8)9-5-3-2-4-6-9/h2-6,17H,7H2,1H3/t10-/m0/s1. The topological polar surface area (TPSA) is 35.8 Å². The number of anilines is 1. The highest BCUT2D eigenvalue weighted by molar-refractivity contribution is 5.87. The quantitative estimate of drug-likeness (QED) is 0.824. The normalized spacial score (nSPS) is 25.0. The van der Waals surface area contributed by atoms with E-state index in [1.807, 2.05) is 0 Å². The van der Waals surface area contributed by atoms with E-state index in [0.29, 0.717) is 5.01 Å². The van der Waals surface area contributed by atoms with Crippen LogP contribution in [0.3, 0.4) is 0 Å². The highest BCUT2D eigenvalue weighted by Gasteiger charge is 2.61. The summed E-state index contributed by atoms with van der Waals surface area (Å²) in [6, 6.07) is 7.81. The van der Waals surface area contributed by atoms with E-state index in [0.717, 1.165) is 0 Å². The third-order valence-electron chi connectivity index (χ3n) is 2.58. The van der Waals surface area contributed by atoms with Crippen molar-refractivity contribution in [1.29, 1.82) is 0 Å². The number of hydrogen-bond donors (Lipinski definition) is 1. The summed E-state index contributed by atoms with van der Waals surface area (Å²) in [6.45, 7) is 1.46. The number of benzene rings is 1. The summed E-state index contributed by atoms with van der Waals surface area (Å²) >= 11 is 0. The summed E-state index contributed by atoms with van der Waals surface area (Å²) in [5.74, 6) is 0. The molecule has 0 aliphatic carbocycles. The number of hydrazone groups is 1. The first-order chi connectivity index (χ1) is 7.84. The van der Waals surface area contributed by atoms with Gasteiger partial charge in [-0.1, -0.05) is 18.2 Å². The van der Waals surface area contributed by atoms with Crippen LogP contribution in [0, 0.1) is 0 Å². The molecule has 0 radical (unpaired) electrons. The largest absolute Gasteiger partial charge is 0.438 e. The lowest BCUT2D eigenvalue weighted by Gasteiger charge is -2.34. The minimum atomic E-state index is -4.76. The Bertz CT molecular complexity index is 444. The number of halogens is 3. The van der Waals surface area contributed by atoms with Gasteiger partial charge in [0, 0.05) is 12.1 Å². The summed E-state index contributed by atoms with van der Waals surface area (Å²) in [5, 5.41) is 14.2. The SMILES string of the molecule is CC1=NN(c2ccccc2)[C@@](O)(C(F)(F)F)C1. The molecule has 0 aromatic heterocycles. The fraction of sp³-hybridized carbons (Fsp3) is 0.364. The first kappa shape index (κ1) is 11.9. The van der Waals surface area contributed by atoms with Gasteiger partial charge < -0.3 is 5.11 Å². The van der Waals surface area contributed by atoms with Gasteiger partial charge in [-0.15, -0.1) is 0 Å². The van der Waals surface area contributed by atoms with Crippen molar-refractivity contribution in [2.45, 2.75) is 25.2 Å². The minimum Gasteiger partial charge on any atom is -0.362 e. The number of nitrogens with zero attached hydrogens (tertiary/aromatic N) is 2. The smallest absolute Gasteiger partial charge is 0.362 e. The van der Waals surface area contributed by atoms with Crippen LogP contribution >= 0.6 is 0 Å². The molecule has 92 valence electrons. The molecule has 0 spiro atoms. The van der Waals surface area contributed by atoms with Crippen LogP contribution < -0.4 is 5.01 Å². The minimum absolute atomic E-state index is 0.212. The lowest BCUT2D eigenvalue weighted by Crippen LogP contribution is -2.55. The van der Waals surface area contributed by atoms with Crippen molar-refractivity contribution < 1.29 is 18.3 Å². The molecule has 1 aliphatic rings. The predicted molar refractivity (Wildman–Crippen MR) is 57.7 cm³/mol. The molecule has 1 atom stereocenters. The van der Waals surface area contributed by atoms with Gasteiger partial charge in [0.2, 0.25) is 0 Å². The van der Waals surface area contributed by atoms with Crippen molar-refractivity contribution in [3.05, 3.63) is 30.3 Å². The summed E-state index contributed by atoms with van der Waals surface area (Å²) in [5.41, 5.74) is -2.49. The molecule has 1 aliphatic heterocycles. The maximum atomic E-state index is 12.9. The highest BCUT2D eigenvalue weighted by atomic mass is 19.4. The number of alkyl halides is 3. The Balaban J connectivity index is 2.44. The molecular weight excluding hydrogens is 233 g/mol. The van der Waals surface area contributed by atoms with Gasteiger partial charge in [0.05, 0.1) is 5.69 Å². The Kier molecular flexibility index (Phi) is 2.61. The van der Waals surface area contributed by atoms with E-state index in [-0.39, 0.29) is 11.4 Å². The molecular formula is C11H11F3N2O. The van der Waals surface area contributed by atoms with Crippen LogP contribution in [0.5, 0.6) is 0 Å². The molecule has 3 nitrogen and oxygen atoms in total. The third kappa shape index (κ3) is 1.88. The van der Waals surface area contributed by atoms with E-state index in [4.69, 9.17) is 0 Å². The summed E-state index contributed by atoms with van der Waals surface area (Å²) in [4.78, 5) is 0. The van der Waals surface area contributed by atoms with Crippen molar-refractivity contribution in [2.24, 2.45) is 5.10 Å². The highest BCUT2D eigenvalue weighted by Crippen LogP contribution is 2.42. The average Bonchev–Trinajstić information content (AvgIpc) is 2.56. The second-order valence-corrected chi connectivity index (χ2v) is 3.97. The molecule has 0 saturated heterocycles. The summed E-state index contributed by atoms with van der Waals surface area (Å²) < 4.78 is 38.7. The van der Waals surface area contributed by atoms with E-state index in [1.165, 1.54) is 19.1 Å². The van der Waals surface area contributed by atoms with Gasteiger partial charge in [0.25, 0.3) is 5.72 Å². The fourth-order valence-corrected chi connectivity index (χ4v) is 1.78. The molecule has 0 fully saturated rings. The molecule has 1 aromatic rings. The Hall–Kier alpha value is -1.56. The van der Waals surface area contributed by atoms with E-state index >= 15 is 0 Å². The Morgan fingerprint density at radius 2 is 1.88 bits per heavy atom. The van der Waals surface area contributed by atoms with Crippen LogP contribution in [0.1, 0.15) is 13.3 Å². The van der Waals surface area contributed by atoms with E-state index in [9.17, 15) is 18.3 Å².